The molecule has 1 aliphatic carbocycles. The summed E-state index contributed by atoms with van der Waals surface area (Å²) < 4.78 is 0. The SMILES string of the molecule is Cc1c2c(c(C)c3cc4ccccc4cc13)-c1ccccc1C2=O. The predicted molar refractivity (Wildman–Crippen MR) is 99.8 cm³/mol. The zero-order chi connectivity index (χ0) is 16.4. The summed E-state index contributed by atoms with van der Waals surface area (Å²) in [6, 6.07) is 20.9. The Kier molecular flexibility index (Phi) is 2.56. The lowest BCUT2D eigenvalue weighted by molar-refractivity contribution is 0.104. The minimum Gasteiger partial charge on any atom is -0.289 e. The van der Waals surface area contributed by atoms with Gasteiger partial charge in [-0.1, -0.05) is 48.5 Å². The van der Waals surface area contributed by atoms with Gasteiger partial charge in [-0.3, -0.25) is 4.79 Å². The molecule has 114 valence electrons. The number of rotatable bonds is 0. The Bertz CT molecular complexity index is 1180. The third kappa shape index (κ3) is 1.57. The lowest BCUT2D eigenvalue weighted by Crippen LogP contribution is -2.00. The van der Waals surface area contributed by atoms with Gasteiger partial charge >= 0.3 is 0 Å². The van der Waals surface area contributed by atoms with Crippen LogP contribution in [0, 0.1) is 13.8 Å². The number of ketones is 1. The molecule has 0 unspecified atom stereocenters. The van der Waals surface area contributed by atoms with E-state index >= 15 is 0 Å². The largest absolute Gasteiger partial charge is 0.289 e. The Morgan fingerprint density at radius 1 is 0.625 bits per heavy atom. The number of benzene rings is 4. The van der Waals surface area contributed by atoms with E-state index in [-0.39, 0.29) is 5.78 Å². The maximum absolute atomic E-state index is 13.0. The first-order valence-corrected chi connectivity index (χ1v) is 8.26. The molecular formula is C23H16O. The topological polar surface area (TPSA) is 17.1 Å². The summed E-state index contributed by atoms with van der Waals surface area (Å²) in [5.74, 6) is 0.163. The number of fused-ring (bicyclic) bond motifs is 5. The van der Waals surface area contributed by atoms with Gasteiger partial charge in [0.15, 0.2) is 5.78 Å². The van der Waals surface area contributed by atoms with E-state index in [0.717, 1.165) is 27.8 Å². The summed E-state index contributed by atoms with van der Waals surface area (Å²) in [4.78, 5) is 13.0. The highest BCUT2D eigenvalue weighted by Gasteiger charge is 2.30. The van der Waals surface area contributed by atoms with E-state index in [2.05, 4.69) is 56.3 Å². The molecular weight excluding hydrogens is 292 g/mol. The minimum atomic E-state index is 0.163. The fourth-order valence-electron chi connectivity index (χ4n) is 4.16. The third-order valence-corrected chi connectivity index (χ3v) is 5.36. The predicted octanol–water partition coefficient (Wildman–Crippen LogP) is 5.82. The molecule has 0 heterocycles. The zero-order valence-corrected chi connectivity index (χ0v) is 13.7. The van der Waals surface area contributed by atoms with Crippen molar-refractivity contribution in [3.8, 4) is 11.1 Å². The second kappa shape index (κ2) is 4.55. The van der Waals surface area contributed by atoms with Gasteiger partial charge in [-0.2, -0.15) is 0 Å². The molecule has 0 spiro atoms. The van der Waals surface area contributed by atoms with Crippen molar-refractivity contribution in [1.82, 2.24) is 0 Å². The van der Waals surface area contributed by atoms with Crippen molar-refractivity contribution < 1.29 is 4.79 Å². The van der Waals surface area contributed by atoms with Gasteiger partial charge in [0.05, 0.1) is 0 Å². The molecule has 0 aliphatic heterocycles. The van der Waals surface area contributed by atoms with Crippen molar-refractivity contribution in [1.29, 1.82) is 0 Å². The summed E-state index contributed by atoms with van der Waals surface area (Å²) in [5, 5.41) is 4.89. The molecule has 0 amide bonds. The second-order valence-corrected chi connectivity index (χ2v) is 6.62. The van der Waals surface area contributed by atoms with Crippen LogP contribution in [0.1, 0.15) is 27.0 Å². The molecule has 1 heteroatoms. The normalized spacial score (nSPS) is 12.7. The van der Waals surface area contributed by atoms with Gasteiger partial charge < -0.3 is 0 Å². The van der Waals surface area contributed by atoms with E-state index in [1.54, 1.807) is 0 Å². The van der Waals surface area contributed by atoms with Gasteiger partial charge in [-0.05, 0) is 69.8 Å². The lowest BCUT2D eigenvalue weighted by Gasteiger charge is -2.14. The molecule has 0 saturated carbocycles. The molecule has 0 aromatic heterocycles. The molecule has 1 aliphatic rings. The van der Waals surface area contributed by atoms with Gasteiger partial charge in [0.25, 0.3) is 0 Å². The number of carbonyl (C=O) groups is 1. The zero-order valence-electron chi connectivity index (χ0n) is 13.7. The lowest BCUT2D eigenvalue weighted by atomic mass is 9.88. The molecule has 24 heavy (non-hydrogen) atoms. The van der Waals surface area contributed by atoms with E-state index in [9.17, 15) is 4.79 Å². The third-order valence-electron chi connectivity index (χ3n) is 5.36. The van der Waals surface area contributed by atoms with Crippen LogP contribution < -0.4 is 0 Å². The van der Waals surface area contributed by atoms with Crippen LogP contribution in [0.3, 0.4) is 0 Å². The fraction of sp³-hybridized carbons (Fsp3) is 0.0870. The molecule has 4 aromatic rings. The first-order valence-electron chi connectivity index (χ1n) is 8.26. The minimum absolute atomic E-state index is 0.163. The standard InChI is InChI=1S/C23H16O/c1-13-19-11-15-7-3-4-8-16(15)12-20(19)14(2)22-21(13)17-9-5-6-10-18(17)23(22)24/h3-12H,1-2H3. The van der Waals surface area contributed by atoms with Crippen LogP contribution in [0.15, 0.2) is 60.7 Å². The van der Waals surface area contributed by atoms with Crippen LogP contribution in [0.4, 0.5) is 0 Å². The Hall–Kier alpha value is -2.93. The van der Waals surface area contributed by atoms with Crippen molar-refractivity contribution in [2.24, 2.45) is 0 Å². The average molecular weight is 308 g/mol. The average Bonchev–Trinajstić information content (AvgIpc) is 2.92. The van der Waals surface area contributed by atoms with E-state index in [1.165, 1.54) is 27.1 Å². The van der Waals surface area contributed by atoms with Crippen LogP contribution in [-0.4, -0.2) is 5.78 Å². The molecule has 0 fully saturated rings. The first-order chi connectivity index (χ1) is 11.7. The Labute approximate surface area is 140 Å². The van der Waals surface area contributed by atoms with Crippen molar-refractivity contribution in [3.05, 3.63) is 82.9 Å². The quantitative estimate of drug-likeness (QED) is 0.329. The van der Waals surface area contributed by atoms with Gasteiger partial charge in [-0.15, -0.1) is 0 Å². The van der Waals surface area contributed by atoms with Gasteiger partial charge in [0, 0.05) is 11.1 Å². The highest BCUT2D eigenvalue weighted by Crippen LogP contribution is 2.44. The molecule has 4 aromatic carbocycles. The monoisotopic (exact) mass is 308 g/mol. The molecule has 1 nitrogen and oxygen atoms in total. The van der Waals surface area contributed by atoms with Crippen LogP contribution >= 0.6 is 0 Å². The highest BCUT2D eigenvalue weighted by atomic mass is 16.1. The summed E-state index contributed by atoms with van der Waals surface area (Å²) in [5.41, 5.74) is 6.21. The number of hydrogen-bond acceptors (Lipinski definition) is 1. The summed E-state index contributed by atoms with van der Waals surface area (Å²) in [6.07, 6.45) is 0. The summed E-state index contributed by atoms with van der Waals surface area (Å²) >= 11 is 0. The van der Waals surface area contributed by atoms with E-state index < -0.39 is 0 Å². The van der Waals surface area contributed by atoms with Crippen LogP contribution in [0.25, 0.3) is 32.7 Å². The Morgan fingerprint density at radius 2 is 1.12 bits per heavy atom. The van der Waals surface area contributed by atoms with Crippen molar-refractivity contribution in [2.45, 2.75) is 13.8 Å². The first kappa shape index (κ1) is 13.5. The maximum atomic E-state index is 13.0. The Morgan fingerprint density at radius 3 is 1.75 bits per heavy atom. The number of aryl methyl sites for hydroxylation is 2. The molecule has 0 bridgehead atoms. The molecule has 5 rings (SSSR count). The van der Waals surface area contributed by atoms with Crippen LogP contribution in [0.5, 0.6) is 0 Å². The highest BCUT2D eigenvalue weighted by molar-refractivity contribution is 6.25. The fourth-order valence-corrected chi connectivity index (χ4v) is 4.16. The van der Waals surface area contributed by atoms with Crippen molar-refractivity contribution >= 4 is 27.3 Å². The van der Waals surface area contributed by atoms with E-state index in [4.69, 9.17) is 0 Å². The Balaban J connectivity index is 2.01. The summed E-state index contributed by atoms with van der Waals surface area (Å²) in [6.45, 7) is 4.23. The van der Waals surface area contributed by atoms with Gasteiger partial charge in [0.2, 0.25) is 0 Å². The maximum Gasteiger partial charge on any atom is 0.194 e. The van der Waals surface area contributed by atoms with Crippen molar-refractivity contribution in [3.63, 3.8) is 0 Å². The van der Waals surface area contributed by atoms with Crippen molar-refractivity contribution in [2.75, 3.05) is 0 Å². The van der Waals surface area contributed by atoms with Crippen LogP contribution in [0.2, 0.25) is 0 Å². The smallest absolute Gasteiger partial charge is 0.194 e. The van der Waals surface area contributed by atoms with Gasteiger partial charge in [0.1, 0.15) is 0 Å². The van der Waals surface area contributed by atoms with E-state index in [0.29, 0.717) is 0 Å². The second-order valence-electron chi connectivity index (χ2n) is 6.62. The summed E-state index contributed by atoms with van der Waals surface area (Å²) in [7, 11) is 0. The number of hydrogen-bond donors (Lipinski definition) is 0. The molecule has 0 N–H and O–H groups in total. The van der Waals surface area contributed by atoms with Crippen LogP contribution in [-0.2, 0) is 0 Å². The van der Waals surface area contributed by atoms with Gasteiger partial charge in [-0.25, -0.2) is 0 Å². The molecule has 0 atom stereocenters. The molecule has 0 radical (unpaired) electrons. The van der Waals surface area contributed by atoms with E-state index in [1.807, 2.05) is 18.2 Å². The number of carbonyl (C=O) groups excluding carboxylic acids is 1. The molecule has 0 saturated heterocycles.